The number of amides is 2. The molecule has 140 valence electrons. The molecule has 0 bridgehead atoms. The molecule has 8 nitrogen and oxygen atoms in total. The summed E-state index contributed by atoms with van der Waals surface area (Å²) in [7, 11) is 1.35. The van der Waals surface area contributed by atoms with Gasteiger partial charge in [0.25, 0.3) is 5.91 Å². The maximum atomic E-state index is 12.5. The normalized spacial score (nSPS) is 16.7. The molecule has 0 radical (unpaired) electrons. The Morgan fingerprint density at radius 1 is 1.35 bits per heavy atom. The number of carbonyl (C=O) groups is 3. The lowest BCUT2D eigenvalue weighted by molar-refractivity contribution is -0.148. The predicted octanol–water partition coefficient (Wildman–Crippen LogP) is 1.39. The van der Waals surface area contributed by atoms with Crippen LogP contribution in [-0.4, -0.2) is 47.9 Å². The van der Waals surface area contributed by atoms with Crippen LogP contribution in [0.15, 0.2) is 23.3 Å². The van der Waals surface area contributed by atoms with Crippen LogP contribution >= 0.6 is 0 Å². The maximum absolute atomic E-state index is 12.5. The van der Waals surface area contributed by atoms with Crippen molar-refractivity contribution >= 4 is 29.2 Å². The van der Waals surface area contributed by atoms with E-state index in [0.717, 1.165) is 11.1 Å². The van der Waals surface area contributed by atoms with Gasteiger partial charge in [-0.05, 0) is 38.0 Å². The Morgan fingerprint density at radius 3 is 2.65 bits per heavy atom. The number of rotatable bonds is 6. The number of carbonyl (C=O) groups excluding carboxylic acids is 2. The van der Waals surface area contributed by atoms with Crippen molar-refractivity contribution in [3.05, 3.63) is 29.3 Å². The first kappa shape index (κ1) is 19.6. The fourth-order valence-electron chi connectivity index (χ4n) is 2.62. The summed E-state index contributed by atoms with van der Waals surface area (Å²) in [5, 5.41) is 17.2. The zero-order valence-electron chi connectivity index (χ0n) is 15.3. The average molecular weight is 361 g/mol. The maximum Gasteiger partial charge on any atom is 0.331 e. The van der Waals surface area contributed by atoms with Crippen molar-refractivity contribution in [2.24, 2.45) is 5.10 Å². The smallest absolute Gasteiger partial charge is 0.331 e. The monoisotopic (exact) mass is 361 g/mol. The topological polar surface area (TPSA) is 108 Å². The summed E-state index contributed by atoms with van der Waals surface area (Å²) in [5.41, 5.74) is 0.944. The van der Waals surface area contributed by atoms with Gasteiger partial charge >= 0.3 is 5.97 Å². The second kappa shape index (κ2) is 7.65. The van der Waals surface area contributed by atoms with Gasteiger partial charge in [-0.15, -0.1) is 0 Å². The molecular formula is C18H23N3O5. The number of nitrogens with one attached hydrogen (secondary N) is 1. The molecule has 1 atom stereocenters. The number of carboxylic acids is 1. The SMILES string of the molecule is COCC(C)(NC(=O)C1=NN(c2cc(C)ccc2C)C(=O)CC1)C(=O)O. The van der Waals surface area contributed by atoms with Crippen LogP contribution in [0, 0.1) is 13.8 Å². The van der Waals surface area contributed by atoms with Gasteiger partial charge in [-0.1, -0.05) is 12.1 Å². The molecule has 0 saturated heterocycles. The number of hydrazone groups is 1. The predicted molar refractivity (Wildman–Crippen MR) is 96.1 cm³/mol. The molecule has 0 aliphatic carbocycles. The van der Waals surface area contributed by atoms with Crippen LogP contribution in [0.4, 0.5) is 5.69 Å². The van der Waals surface area contributed by atoms with Crippen LogP contribution in [-0.2, 0) is 19.1 Å². The average Bonchev–Trinajstić information content (AvgIpc) is 2.57. The highest BCUT2D eigenvalue weighted by Gasteiger charge is 2.37. The van der Waals surface area contributed by atoms with E-state index in [4.69, 9.17) is 4.74 Å². The van der Waals surface area contributed by atoms with E-state index in [9.17, 15) is 19.5 Å². The molecule has 2 amide bonds. The van der Waals surface area contributed by atoms with Crippen molar-refractivity contribution in [1.29, 1.82) is 0 Å². The first-order valence-corrected chi connectivity index (χ1v) is 8.20. The molecule has 0 aromatic heterocycles. The Hall–Kier alpha value is -2.74. The summed E-state index contributed by atoms with van der Waals surface area (Å²) in [5.74, 6) is -2.06. The third kappa shape index (κ3) is 4.08. The van der Waals surface area contributed by atoms with Gasteiger partial charge in [-0.3, -0.25) is 9.59 Å². The van der Waals surface area contributed by atoms with Gasteiger partial charge in [0.1, 0.15) is 5.71 Å². The van der Waals surface area contributed by atoms with Crippen LogP contribution in [0.25, 0.3) is 0 Å². The van der Waals surface area contributed by atoms with Crippen LogP contribution < -0.4 is 10.3 Å². The number of nitrogens with zero attached hydrogens (tertiary/aromatic N) is 2. The summed E-state index contributed by atoms with van der Waals surface area (Å²) < 4.78 is 4.89. The molecule has 0 spiro atoms. The van der Waals surface area contributed by atoms with Crippen molar-refractivity contribution in [2.45, 2.75) is 39.2 Å². The first-order valence-electron chi connectivity index (χ1n) is 8.20. The molecule has 1 aromatic carbocycles. The molecule has 26 heavy (non-hydrogen) atoms. The zero-order valence-corrected chi connectivity index (χ0v) is 15.3. The third-order valence-electron chi connectivity index (χ3n) is 4.18. The van der Waals surface area contributed by atoms with Gasteiger partial charge < -0.3 is 15.2 Å². The number of benzene rings is 1. The lowest BCUT2D eigenvalue weighted by Gasteiger charge is -2.28. The van der Waals surface area contributed by atoms with E-state index in [1.807, 2.05) is 32.0 Å². The van der Waals surface area contributed by atoms with E-state index in [0.29, 0.717) is 5.69 Å². The van der Waals surface area contributed by atoms with Gasteiger partial charge in [-0.25, -0.2) is 9.80 Å². The van der Waals surface area contributed by atoms with Crippen LogP contribution in [0.2, 0.25) is 0 Å². The highest BCUT2D eigenvalue weighted by molar-refractivity contribution is 6.40. The van der Waals surface area contributed by atoms with Crippen LogP contribution in [0.5, 0.6) is 0 Å². The molecule has 8 heteroatoms. The molecule has 1 unspecified atom stereocenters. The van der Waals surface area contributed by atoms with E-state index >= 15 is 0 Å². The number of carboxylic acid groups (broad SMARTS) is 1. The Kier molecular flexibility index (Phi) is 5.76. The van der Waals surface area contributed by atoms with Crippen molar-refractivity contribution in [3.63, 3.8) is 0 Å². The Balaban J connectivity index is 2.31. The largest absolute Gasteiger partial charge is 0.479 e. The van der Waals surface area contributed by atoms with Crippen molar-refractivity contribution in [3.8, 4) is 0 Å². The van der Waals surface area contributed by atoms with E-state index in [-0.39, 0.29) is 31.1 Å². The lowest BCUT2D eigenvalue weighted by Crippen LogP contribution is -2.57. The molecule has 2 N–H and O–H groups in total. The first-order chi connectivity index (χ1) is 12.2. The van der Waals surface area contributed by atoms with Gasteiger partial charge in [0.05, 0.1) is 12.3 Å². The molecule has 0 fully saturated rings. The standard InChI is InChI=1S/C18H23N3O5/c1-11-5-6-12(2)14(9-11)21-15(22)8-7-13(20-21)16(23)19-18(3,10-26-4)17(24)25/h5-6,9H,7-8,10H2,1-4H3,(H,19,23)(H,24,25). The van der Waals surface area contributed by atoms with E-state index < -0.39 is 17.4 Å². The Morgan fingerprint density at radius 2 is 2.04 bits per heavy atom. The van der Waals surface area contributed by atoms with E-state index in [2.05, 4.69) is 10.4 Å². The van der Waals surface area contributed by atoms with Crippen LogP contribution in [0.1, 0.15) is 30.9 Å². The molecule has 2 rings (SSSR count). The number of anilines is 1. The van der Waals surface area contributed by atoms with Gasteiger partial charge in [-0.2, -0.15) is 5.10 Å². The summed E-state index contributed by atoms with van der Waals surface area (Å²) >= 11 is 0. The molecule has 1 aliphatic heterocycles. The quantitative estimate of drug-likeness (QED) is 0.796. The number of hydrogen-bond donors (Lipinski definition) is 2. The lowest BCUT2D eigenvalue weighted by atomic mass is 10.0. The highest BCUT2D eigenvalue weighted by Crippen LogP contribution is 2.25. The van der Waals surface area contributed by atoms with E-state index in [1.165, 1.54) is 19.0 Å². The summed E-state index contributed by atoms with van der Waals surface area (Å²) in [4.78, 5) is 36.3. The van der Waals surface area contributed by atoms with Crippen molar-refractivity contribution in [1.82, 2.24) is 5.32 Å². The molecule has 1 aliphatic rings. The molecular weight excluding hydrogens is 338 g/mol. The Labute approximate surface area is 151 Å². The van der Waals surface area contributed by atoms with E-state index in [1.54, 1.807) is 0 Å². The minimum absolute atomic E-state index is 0.106. The third-order valence-corrected chi connectivity index (χ3v) is 4.18. The van der Waals surface area contributed by atoms with Gasteiger partial charge in [0.15, 0.2) is 5.54 Å². The number of aliphatic carboxylic acids is 1. The van der Waals surface area contributed by atoms with Crippen molar-refractivity contribution in [2.75, 3.05) is 18.7 Å². The number of aryl methyl sites for hydroxylation is 2. The second-order valence-corrected chi connectivity index (χ2v) is 6.57. The molecule has 1 aromatic rings. The summed E-state index contributed by atoms with van der Waals surface area (Å²) in [6.45, 7) is 4.92. The fourth-order valence-corrected chi connectivity index (χ4v) is 2.62. The molecule has 1 heterocycles. The van der Waals surface area contributed by atoms with Crippen molar-refractivity contribution < 1.29 is 24.2 Å². The minimum atomic E-state index is -1.58. The molecule has 0 saturated carbocycles. The zero-order chi connectivity index (χ0) is 19.5. The number of hydrogen-bond acceptors (Lipinski definition) is 5. The van der Waals surface area contributed by atoms with Gasteiger partial charge in [0.2, 0.25) is 5.91 Å². The Bertz CT molecular complexity index is 774. The van der Waals surface area contributed by atoms with Crippen LogP contribution in [0.3, 0.4) is 0 Å². The number of ether oxygens (including phenoxy) is 1. The fraction of sp³-hybridized carbons (Fsp3) is 0.444. The summed E-state index contributed by atoms with van der Waals surface area (Å²) in [6, 6.07) is 5.62. The number of methoxy groups -OCH3 is 1. The minimum Gasteiger partial charge on any atom is -0.479 e. The van der Waals surface area contributed by atoms with Gasteiger partial charge in [0, 0.05) is 20.0 Å². The summed E-state index contributed by atoms with van der Waals surface area (Å²) in [6.07, 6.45) is 0.266. The highest BCUT2D eigenvalue weighted by atomic mass is 16.5. The second-order valence-electron chi connectivity index (χ2n) is 6.57.